The van der Waals surface area contributed by atoms with Gasteiger partial charge >= 0.3 is 0 Å². The lowest BCUT2D eigenvalue weighted by molar-refractivity contribution is -0.131. The first-order valence-corrected chi connectivity index (χ1v) is 10.2. The van der Waals surface area contributed by atoms with Crippen LogP contribution in [-0.4, -0.2) is 54.7 Å². The zero-order valence-corrected chi connectivity index (χ0v) is 17.4. The van der Waals surface area contributed by atoms with Gasteiger partial charge in [0.15, 0.2) is 0 Å². The van der Waals surface area contributed by atoms with Crippen molar-refractivity contribution >= 4 is 29.1 Å². The molecular formula is C21H27N3O3S. The van der Waals surface area contributed by atoms with Gasteiger partial charge in [-0.2, -0.15) is 0 Å². The molecule has 0 saturated carbocycles. The van der Waals surface area contributed by atoms with E-state index in [2.05, 4.69) is 5.32 Å². The Morgan fingerprint density at radius 2 is 1.79 bits per heavy atom. The molecule has 0 spiro atoms. The third-order valence-corrected chi connectivity index (χ3v) is 5.18. The number of nitrogens with zero attached hydrogens (tertiary/aromatic N) is 2. The molecule has 1 N–H and O–H groups in total. The Hall–Kier alpha value is -2.67. The Balaban J connectivity index is 1.79. The zero-order valence-electron chi connectivity index (χ0n) is 16.6. The van der Waals surface area contributed by atoms with Crippen LogP contribution in [0.1, 0.15) is 45.4 Å². The van der Waals surface area contributed by atoms with E-state index in [0.29, 0.717) is 42.9 Å². The largest absolute Gasteiger partial charge is 0.351 e. The van der Waals surface area contributed by atoms with Crippen molar-refractivity contribution in [3.8, 4) is 0 Å². The predicted octanol–water partition coefficient (Wildman–Crippen LogP) is 3.01. The highest BCUT2D eigenvalue weighted by Crippen LogP contribution is 2.11. The number of thiophene rings is 1. The van der Waals surface area contributed by atoms with Crippen molar-refractivity contribution in [1.82, 2.24) is 15.1 Å². The van der Waals surface area contributed by atoms with Crippen LogP contribution >= 0.6 is 11.3 Å². The molecule has 0 unspecified atom stereocenters. The Bertz CT molecular complexity index is 786. The molecule has 0 radical (unpaired) electrons. The third-order valence-electron chi connectivity index (χ3n) is 4.31. The predicted molar refractivity (Wildman–Crippen MR) is 111 cm³/mol. The van der Waals surface area contributed by atoms with Gasteiger partial charge in [0.1, 0.15) is 0 Å². The van der Waals surface area contributed by atoms with Gasteiger partial charge in [-0.15, -0.1) is 11.3 Å². The maximum atomic E-state index is 12.5. The molecule has 2 rings (SSSR count). The van der Waals surface area contributed by atoms with Gasteiger partial charge in [-0.25, -0.2) is 0 Å². The molecule has 3 amide bonds. The van der Waals surface area contributed by atoms with E-state index in [4.69, 9.17) is 0 Å². The summed E-state index contributed by atoms with van der Waals surface area (Å²) in [6, 6.07) is 11.0. The highest BCUT2D eigenvalue weighted by atomic mass is 32.1. The minimum Gasteiger partial charge on any atom is -0.351 e. The average Bonchev–Trinajstić information content (AvgIpc) is 3.23. The van der Waals surface area contributed by atoms with Crippen LogP contribution in [0.2, 0.25) is 0 Å². The molecule has 150 valence electrons. The summed E-state index contributed by atoms with van der Waals surface area (Å²) in [5.41, 5.74) is 1.61. The Kier molecular flexibility index (Phi) is 8.19. The smallest absolute Gasteiger partial charge is 0.261 e. The van der Waals surface area contributed by atoms with Crippen molar-refractivity contribution in [2.75, 3.05) is 27.2 Å². The normalized spacial score (nSPS) is 10.4. The topological polar surface area (TPSA) is 69.7 Å². The maximum Gasteiger partial charge on any atom is 0.261 e. The first kappa shape index (κ1) is 21.6. The molecule has 7 heteroatoms. The summed E-state index contributed by atoms with van der Waals surface area (Å²) in [7, 11) is 3.44. The first-order chi connectivity index (χ1) is 13.4. The van der Waals surface area contributed by atoms with Crippen molar-refractivity contribution in [2.45, 2.75) is 26.3 Å². The van der Waals surface area contributed by atoms with Gasteiger partial charge in [0.2, 0.25) is 5.91 Å². The Labute approximate surface area is 170 Å². The van der Waals surface area contributed by atoms with Crippen LogP contribution in [0.3, 0.4) is 0 Å². The molecule has 0 aliphatic rings. The second-order valence-electron chi connectivity index (χ2n) is 6.64. The number of hydrogen-bond donors (Lipinski definition) is 1. The fraction of sp³-hybridized carbons (Fsp3) is 0.381. The fourth-order valence-electron chi connectivity index (χ4n) is 2.70. The molecule has 1 aromatic carbocycles. The van der Waals surface area contributed by atoms with Gasteiger partial charge in [0.25, 0.3) is 11.8 Å². The lowest BCUT2D eigenvalue weighted by Gasteiger charge is -2.21. The van der Waals surface area contributed by atoms with Crippen LogP contribution in [0.5, 0.6) is 0 Å². The molecule has 2 aromatic rings. The standard InChI is InChI=1S/C21H27N3O3S/c1-4-24(15-16-9-11-17(12-10-16)21(27)23(2)3)19(25)8-5-13-22-20(26)18-7-6-14-28-18/h6-7,9-12,14H,4-5,8,13,15H2,1-3H3,(H,22,26). The second-order valence-corrected chi connectivity index (χ2v) is 7.59. The van der Waals surface area contributed by atoms with E-state index in [0.717, 1.165) is 5.56 Å². The summed E-state index contributed by atoms with van der Waals surface area (Å²) in [6.45, 7) is 3.54. The molecule has 0 fully saturated rings. The summed E-state index contributed by atoms with van der Waals surface area (Å²) < 4.78 is 0. The van der Waals surface area contributed by atoms with Crippen LogP contribution < -0.4 is 5.32 Å². The van der Waals surface area contributed by atoms with Crippen molar-refractivity contribution < 1.29 is 14.4 Å². The van der Waals surface area contributed by atoms with Crippen molar-refractivity contribution in [1.29, 1.82) is 0 Å². The van der Waals surface area contributed by atoms with Crippen LogP contribution in [0.4, 0.5) is 0 Å². The molecule has 0 aliphatic carbocycles. The quantitative estimate of drug-likeness (QED) is 0.657. The van der Waals surface area contributed by atoms with E-state index in [1.807, 2.05) is 30.5 Å². The van der Waals surface area contributed by atoms with Crippen LogP contribution in [0.15, 0.2) is 41.8 Å². The Morgan fingerprint density at radius 1 is 1.07 bits per heavy atom. The minimum absolute atomic E-state index is 0.0421. The SMILES string of the molecule is CCN(Cc1ccc(C(=O)N(C)C)cc1)C(=O)CCCNC(=O)c1cccs1. The molecule has 0 saturated heterocycles. The third kappa shape index (κ3) is 6.20. The van der Waals surface area contributed by atoms with E-state index < -0.39 is 0 Å². The number of carbonyl (C=O) groups excluding carboxylic acids is 3. The van der Waals surface area contributed by atoms with Crippen molar-refractivity contribution in [3.05, 3.63) is 57.8 Å². The summed E-state index contributed by atoms with van der Waals surface area (Å²) in [5, 5.41) is 4.70. The number of rotatable bonds is 9. The highest BCUT2D eigenvalue weighted by molar-refractivity contribution is 7.12. The number of amides is 3. The second kappa shape index (κ2) is 10.6. The van der Waals surface area contributed by atoms with Gasteiger partial charge in [-0.05, 0) is 42.5 Å². The van der Waals surface area contributed by atoms with E-state index in [9.17, 15) is 14.4 Å². The maximum absolute atomic E-state index is 12.5. The zero-order chi connectivity index (χ0) is 20.5. The monoisotopic (exact) mass is 401 g/mol. The molecule has 1 aromatic heterocycles. The molecule has 0 atom stereocenters. The lowest BCUT2D eigenvalue weighted by Crippen LogP contribution is -2.31. The number of carbonyl (C=O) groups is 3. The van der Waals surface area contributed by atoms with Gasteiger partial charge < -0.3 is 15.1 Å². The molecular weight excluding hydrogens is 374 g/mol. The van der Waals surface area contributed by atoms with Gasteiger partial charge in [-0.3, -0.25) is 14.4 Å². The highest BCUT2D eigenvalue weighted by Gasteiger charge is 2.13. The number of hydrogen-bond acceptors (Lipinski definition) is 4. The summed E-state index contributed by atoms with van der Waals surface area (Å²) in [5.74, 6) is -0.0805. The van der Waals surface area contributed by atoms with Crippen LogP contribution in [0, 0.1) is 0 Å². The van der Waals surface area contributed by atoms with E-state index in [1.54, 1.807) is 37.2 Å². The van der Waals surface area contributed by atoms with Gasteiger partial charge in [0.05, 0.1) is 4.88 Å². The number of nitrogens with one attached hydrogen (secondary N) is 1. The Morgan fingerprint density at radius 3 is 2.36 bits per heavy atom. The molecule has 0 bridgehead atoms. The van der Waals surface area contributed by atoms with Crippen LogP contribution in [0.25, 0.3) is 0 Å². The van der Waals surface area contributed by atoms with E-state index in [-0.39, 0.29) is 17.7 Å². The molecule has 1 heterocycles. The fourth-order valence-corrected chi connectivity index (χ4v) is 3.34. The van der Waals surface area contributed by atoms with Crippen molar-refractivity contribution in [3.63, 3.8) is 0 Å². The average molecular weight is 402 g/mol. The summed E-state index contributed by atoms with van der Waals surface area (Å²) in [6.07, 6.45) is 0.985. The minimum atomic E-state index is -0.0952. The molecule has 6 nitrogen and oxygen atoms in total. The van der Waals surface area contributed by atoms with Crippen molar-refractivity contribution in [2.24, 2.45) is 0 Å². The lowest BCUT2D eigenvalue weighted by atomic mass is 10.1. The number of benzene rings is 1. The molecule has 0 aliphatic heterocycles. The first-order valence-electron chi connectivity index (χ1n) is 9.32. The van der Waals surface area contributed by atoms with Crippen LogP contribution in [-0.2, 0) is 11.3 Å². The van der Waals surface area contributed by atoms with E-state index >= 15 is 0 Å². The summed E-state index contributed by atoms with van der Waals surface area (Å²) in [4.78, 5) is 40.3. The van der Waals surface area contributed by atoms with Gasteiger partial charge in [0, 0.05) is 45.7 Å². The van der Waals surface area contributed by atoms with Gasteiger partial charge in [-0.1, -0.05) is 18.2 Å². The summed E-state index contributed by atoms with van der Waals surface area (Å²) >= 11 is 1.40. The molecule has 28 heavy (non-hydrogen) atoms. The van der Waals surface area contributed by atoms with E-state index in [1.165, 1.54) is 16.2 Å².